The van der Waals surface area contributed by atoms with E-state index in [1.54, 1.807) is 18.2 Å². The van der Waals surface area contributed by atoms with Gasteiger partial charge in [-0.05, 0) is 30.3 Å². The Balaban J connectivity index is 1.96. The Morgan fingerprint density at radius 3 is 2.43 bits per heavy atom. The molecule has 3 N–H and O–H groups in total. The number of H-pyrrole nitrogens is 1. The first-order chi connectivity index (χ1) is 13.3. The van der Waals surface area contributed by atoms with E-state index in [0.29, 0.717) is 0 Å². The van der Waals surface area contributed by atoms with Gasteiger partial charge in [-0.25, -0.2) is 17.9 Å². The van der Waals surface area contributed by atoms with Gasteiger partial charge in [0.25, 0.3) is 21.5 Å². The molecule has 28 heavy (non-hydrogen) atoms. The van der Waals surface area contributed by atoms with Gasteiger partial charge < -0.3 is 0 Å². The van der Waals surface area contributed by atoms with Crippen LogP contribution < -0.4 is 21.4 Å². The fraction of sp³-hybridized carbons (Fsp3) is 0. The van der Waals surface area contributed by atoms with E-state index in [1.165, 1.54) is 30.3 Å². The topological polar surface area (TPSA) is 130 Å². The molecule has 0 spiro atoms. The van der Waals surface area contributed by atoms with Crippen LogP contribution in [0.1, 0.15) is 10.4 Å². The van der Waals surface area contributed by atoms with Crippen molar-refractivity contribution in [1.82, 2.24) is 9.66 Å². The van der Waals surface area contributed by atoms with E-state index in [1.807, 2.05) is 4.98 Å². The van der Waals surface area contributed by atoms with Gasteiger partial charge in [-0.15, -0.1) is 0 Å². The first-order valence-corrected chi connectivity index (χ1v) is 9.63. The molecular weight excluding hydrogens is 408 g/mol. The van der Waals surface area contributed by atoms with Crippen molar-refractivity contribution in [3.8, 4) is 0 Å². The summed E-state index contributed by atoms with van der Waals surface area (Å²) in [6.07, 6.45) is 1.07. The molecule has 0 fully saturated rings. The van der Waals surface area contributed by atoms with Crippen molar-refractivity contribution in [3.05, 3.63) is 92.2 Å². The summed E-state index contributed by atoms with van der Waals surface area (Å²) < 4.78 is 28.2. The van der Waals surface area contributed by atoms with Crippen molar-refractivity contribution < 1.29 is 13.2 Å². The molecule has 3 rings (SSSR count). The predicted molar refractivity (Wildman–Crippen MR) is 104 cm³/mol. The van der Waals surface area contributed by atoms with E-state index in [-0.39, 0.29) is 21.2 Å². The molecule has 0 atom stereocenters. The van der Waals surface area contributed by atoms with Gasteiger partial charge in [0.2, 0.25) is 0 Å². The summed E-state index contributed by atoms with van der Waals surface area (Å²) in [7, 11) is -3.96. The van der Waals surface area contributed by atoms with Gasteiger partial charge in [0, 0.05) is 17.3 Å². The van der Waals surface area contributed by atoms with Crippen molar-refractivity contribution in [1.29, 1.82) is 0 Å². The molecule has 0 saturated carbocycles. The lowest BCUT2D eigenvalue weighted by Crippen LogP contribution is -2.37. The summed E-state index contributed by atoms with van der Waals surface area (Å²) in [6, 6.07) is 12.6. The molecular formula is C17H13ClN4O5S. The van der Waals surface area contributed by atoms with Crippen LogP contribution in [0.3, 0.4) is 0 Å². The van der Waals surface area contributed by atoms with Crippen LogP contribution in [0.2, 0.25) is 5.02 Å². The summed E-state index contributed by atoms with van der Waals surface area (Å²) in [4.78, 5) is 37.4. The number of hydrogen-bond acceptors (Lipinski definition) is 5. The van der Waals surface area contributed by atoms with Crippen LogP contribution in [0.25, 0.3) is 0 Å². The Bertz CT molecular complexity index is 1250. The number of anilines is 1. The predicted octanol–water partition coefficient (Wildman–Crippen LogP) is 1.37. The van der Waals surface area contributed by atoms with Crippen LogP contribution in [-0.2, 0) is 10.0 Å². The largest absolute Gasteiger partial charge is 0.347 e. The van der Waals surface area contributed by atoms with Crippen LogP contribution in [0.15, 0.2) is 75.3 Å². The fourth-order valence-corrected chi connectivity index (χ4v) is 3.54. The number of carbonyl (C=O) groups is 1. The molecule has 0 aliphatic rings. The first kappa shape index (κ1) is 19.4. The SMILES string of the molecule is O=C(Nn1ccc(=O)[nH]c1=O)c1cc(Cl)ccc1NS(=O)(=O)c1ccccc1. The van der Waals surface area contributed by atoms with Gasteiger partial charge in [-0.3, -0.25) is 24.7 Å². The third-order valence-electron chi connectivity index (χ3n) is 3.57. The van der Waals surface area contributed by atoms with Crippen molar-refractivity contribution in [3.63, 3.8) is 0 Å². The van der Waals surface area contributed by atoms with E-state index in [9.17, 15) is 22.8 Å². The minimum Gasteiger partial charge on any atom is -0.279 e. The summed E-state index contributed by atoms with van der Waals surface area (Å²) in [5, 5.41) is 0.182. The summed E-state index contributed by atoms with van der Waals surface area (Å²) in [5.41, 5.74) is 0.593. The van der Waals surface area contributed by atoms with E-state index >= 15 is 0 Å². The van der Waals surface area contributed by atoms with Gasteiger partial charge in [-0.1, -0.05) is 29.8 Å². The summed E-state index contributed by atoms with van der Waals surface area (Å²) >= 11 is 5.93. The zero-order valence-electron chi connectivity index (χ0n) is 14.0. The van der Waals surface area contributed by atoms with Crippen LogP contribution in [-0.4, -0.2) is 24.0 Å². The minimum atomic E-state index is -3.96. The molecule has 11 heteroatoms. The third-order valence-corrected chi connectivity index (χ3v) is 5.19. The number of hydrogen-bond donors (Lipinski definition) is 3. The highest BCUT2D eigenvalue weighted by Crippen LogP contribution is 2.24. The number of aromatic amines is 1. The highest BCUT2D eigenvalue weighted by molar-refractivity contribution is 7.92. The molecule has 0 aliphatic heterocycles. The number of rotatable bonds is 5. The first-order valence-electron chi connectivity index (χ1n) is 7.77. The molecule has 9 nitrogen and oxygen atoms in total. The Hall–Kier alpha value is -3.37. The lowest BCUT2D eigenvalue weighted by molar-refractivity contribution is 0.101. The monoisotopic (exact) mass is 420 g/mol. The second kappa shape index (κ2) is 7.71. The average Bonchev–Trinajstić information content (AvgIpc) is 2.66. The second-order valence-electron chi connectivity index (χ2n) is 5.53. The Morgan fingerprint density at radius 2 is 1.75 bits per heavy atom. The van der Waals surface area contributed by atoms with E-state index in [2.05, 4.69) is 10.1 Å². The lowest BCUT2D eigenvalue weighted by Gasteiger charge is -2.14. The number of halogens is 1. The highest BCUT2D eigenvalue weighted by atomic mass is 35.5. The highest BCUT2D eigenvalue weighted by Gasteiger charge is 2.19. The molecule has 0 aliphatic carbocycles. The smallest absolute Gasteiger partial charge is 0.279 e. The number of nitrogens with one attached hydrogen (secondary N) is 3. The zero-order chi connectivity index (χ0) is 20.3. The van der Waals surface area contributed by atoms with Crippen molar-refractivity contribution in [2.45, 2.75) is 4.90 Å². The minimum absolute atomic E-state index is 0.00756. The maximum Gasteiger partial charge on any atom is 0.347 e. The molecule has 0 bridgehead atoms. The summed E-state index contributed by atoms with van der Waals surface area (Å²) in [5.74, 6) is -0.817. The third kappa shape index (κ3) is 4.30. The molecule has 1 aromatic heterocycles. The average molecular weight is 421 g/mol. The van der Waals surface area contributed by atoms with Crippen LogP contribution >= 0.6 is 11.6 Å². The Labute approximate surface area is 163 Å². The Morgan fingerprint density at radius 1 is 1.04 bits per heavy atom. The maximum absolute atomic E-state index is 12.6. The molecule has 3 aromatic rings. The number of benzene rings is 2. The number of carbonyl (C=O) groups excluding carboxylic acids is 1. The second-order valence-corrected chi connectivity index (χ2v) is 7.65. The summed E-state index contributed by atoms with van der Waals surface area (Å²) in [6.45, 7) is 0. The van der Waals surface area contributed by atoms with E-state index < -0.39 is 27.2 Å². The van der Waals surface area contributed by atoms with Crippen molar-refractivity contribution in [2.24, 2.45) is 0 Å². The van der Waals surface area contributed by atoms with Gasteiger partial charge in [0.15, 0.2) is 0 Å². The molecule has 0 radical (unpaired) electrons. The van der Waals surface area contributed by atoms with Crippen LogP contribution in [0.5, 0.6) is 0 Å². The quantitative estimate of drug-likeness (QED) is 0.574. The van der Waals surface area contributed by atoms with Gasteiger partial charge in [0.1, 0.15) is 0 Å². The molecule has 1 heterocycles. The number of nitrogens with zero attached hydrogens (tertiary/aromatic N) is 1. The van der Waals surface area contributed by atoms with Gasteiger partial charge in [0.05, 0.1) is 16.1 Å². The molecule has 144 valence electrons. The molecule has 1 amide bonds. The van der Waals surface area contributed by atoms with Gasteiger partial charge in [-0.2, -0.15) is 0 Å². The number of sulfonamides is 1. The van der Waals surface area contributed by atoms with E-state index in [0.717, 1.165) is 16.9 Å². The van der Waals surface area contributed by atoms with Crippen molar-refractivity contribution >= 4 is 33.2 Å². The normalized spacial score (nSPS) is 11.0. The number of amides is 1. The van der Waals surface area contributed by atoms with Crippen molar-refractivity contribution in [2.75, 3.05) is 10.1 Å². The van der Waals surface area contributed by atoms with E-state index in [4.69, 9.17) is 11.6 Å². The lowest BCUT2D eigenvalue weighted by atomic mass is 10.2. The molecule has 0 saturated heterocycles. The van der Waals surface area contributed by atoms with Gasteiger partial charge >= 0.3 is 5.69 Å². The fourth-order valence-electron chi connectivity index (χ4n) is 2.27. The maximum atomic E-state index is 12.6. The number of aromatic nitrogens is 2. The standard InChI is InChI=1S/C17H13ClN4O5S/c18-11-6-7-14(21-28(26,27)12-4-2-1-3-5-12)13(10-11)16(24)20-22-9-8-15(23)19-17(22)25/h1-10,21H,(H,20,24)(H,19,23,25). The molecule has 2 aromatic carbocycles. The van der Waals surface area contributed by atoms with Crippen LogP contribution in [0.4, 0.5) is 5.69 Å². The Kier molecular flexibility index (Phi) is 5.34. The zero-order valence-corrected chi connectivity index (χ0v) is 15.6. The molecule has 0 unspecified atom stereocenters. The van der Waals surface area contributed by atoms with Crippen LogP contribution in [0, 0.1) is 0 Å².